The van der Waals surface area contributed by atoms with E-state index in [1.807, 2.05) is 42.5 Å². The highest BCUT2D eigenvalue weighted by Gasteiger charge is 2.17. The van der Waals surface area contributed by atoms with E-state index >= 15 is 0 Å². The third-order valence-corrected chi connectivity index (χ3v) is 12.1. The van der Waals surface area contributed by atoms with Gasteiger partial charge in [0.2, 0.25) is 0 Å². The van der Waals surface area contributed by atoms with Crippen molar-refractivity contribution in [2.24, 2.45) is 0 Å². The number of likely N-dealkylation sites (tertiary alicyclic amines) is 1. The summed E-state index contributed by atoms with van der Waals surface area (Å²) in [4.78, 5) is 2.46. The van der Waals surface area contributed by atoms with Gasteiger partial charge in [-0.25, -0.2) is 0 Å². The Morgan fingerprint density at radius 1 is 0.615 bits per heavy atom. The minimum absolute atomic E-state index is 0.00227. The van der Waals surface area contributed by atoms with Crippen LogP contribution in [0.15, 0.2) is 78.9 Å². The zero-order valence-electron chi connectivity index (χ0n) is 30.9. The molecular weight excluding hydrogens is 695 g/mol. The standard InChI is InChI=1S/C42H55NO7S2/c1-3-5-7-12-30-51(44,45)49-38-21-16-35(17-22-38)40-24-18-36-33-39(50-52(46,47)31-13-8-6-4-2)23-25-41(36)42(40)32-34-14-19-37(20-15-34)48-29-28-43-26-10-9-11-27-43/h14-25,33H,3-13,26-32H2,1-2H3. The smallest absolute Gasteiger partial charge is 0.309 e. The quantitative estimate of drug-likeness (QED) is 0.0614. The summed E-state index contributed by atoms with van der Waals surface area (Å²) in [6, 6.07) is 24.8. The molecule has 0 N–H and O–H groups in total. The van der Waals surface area contributed by atoms with Crippen molar-refractivity contribution in [3.05, 3.63) is 90.0 Å². The van der Waals surface area contributed by atoms with Gasteiger partial charge in [0.25, 0.3) is 0 Å². The van der Waals surface area contributed by atoms with Crippen molar-refractivity contribution in [3.63, 3.8) is 0 Å². The lowest BCUT2D eigenvalue weighted by atomic mass is 9.90. The van der Waals surface area contributed by atoms with Crippen LogP contribution in [0.5, 0.6) is 17.2 Å². The predicted octanol–water partition coefficient (Wildman–Crippen LogP) is 9.54. The molecule has 8 nitrogen and oxygen atoms in total. The second-order valence-corrected chi connectivity index (χ2v) is 17.3. The average molecular weight is 750 g/mol. The third kappa shape index (κ3) is 12.2. The summed E-state index contributed by atoms with van der Waals surface area (Å²) < 4.78 is 67.7. The van der Waals surface area contributed by atoms with Crippen LogP contribution in [0.3, 0.4) is 0 Å². The first-order valence-corrected chi connectivity index (χ1v) is 22.2. The maximum atomic E-state index is 12.7. The number of piperidine rings is 1. The first-order chi connectivity index (χ1) is 25.1. The van der Waals surface area contributed by atoms with Crippen molar-refractivity contribution >= 4 is 31.0 Å². The molecular formula is C42H55NO7S2. The van der Waals surface area contributed by atoms with Crippen LogP contribution >= 0.6 is 0 Å². The molecule has 10 heteroatoms. The largest absolute Gasteiger partial charge is 0.492 e. The number of fused-ring (bicyclic) bond motifs is 1. The van der Waals surface area contributed by atoms with E-state index < -0.39 is 20.2 Å². The van der Waals surface area contributed by atoms with Gasteiger partial charge in [-0.1, -0.05) is 101 Å². The van der Waals surface area contributed by atoms with Crippen LogP contribution in [-0.4, -0.2) is 59.5 Å². The predicted molar refractivity (Wildman–Crippen MR) is 212 cm³/mol. The monoisotopic (exact) mass is 749 g/mol. The van der Waals surface area contributed by atoms with Gasteiger partial charge in [-0.05, 0) is 115 Å². The van der Waals surface area contributed by atoms with Crippen molar-refractivity contribution in [1.29, 1.82) is 0 Å². The number of hydrogen-bond donors (Lipinski definition) is 0. The number of hydrogen-bond acceptors (Lipinski definition) is 8. The van der Waals surface area contributed by atoms with Crippen LogP contribution in [0, 0.1) is 0 Å². The van der Waals surface area contributed by atoms with Crippen LogP contribution in [-0.2, 0) is 26.7 Å². The molecule has 52 heavy (non-hydrogen) atoms. The molecule has 0 bridgehead atoms. The molecule has 0 spiro atoms. The van der Waals surface area contributed by atoms with Crippen LogP contribution in [0.2, 0.25) is 0 Å². The molecule has 1 fully saturated rings. The molecule has 4 aromatic rings. The molecule has 0 aromatic heterocycles. The number of nitrogens with zero attached hydrogens (tertiary/aromatic N) is 1. The van der Waals surface area contributed by atoms with Crippen LogP contribution in [0.1, 0.15) is 95.6 Å². The second-order valence-electron chi connectivity index (χ2n) is 13.9. The van der Waals surface area contributed by atoms with Crippen molar-refractivity contribution in [2.45, 2.75) is 90.9 Å². The Labute approximate surface area is 311 Å². The minimum atomic E-state index is -3.71. The lowest BCUT2D eigenvalue weighted by Crippen LogP contribution is -2.33. The van der Waals surface area contributed by atoms with E-state index in [2.05, 4.69) is 30.9 Å². The Morgan fingerprint density at radius 2 is 1.21 bits per heavy atom. The summed E-state index contributed by atoms with van der Waals surface area (Å²) in [6.07, 6.45) is 11.4. The van der Waals surface area contributed by atoms with Gasteiger partial charge >= 0.3 is 20.2 Å². The lowest BCUT2D eigenvalue weighted by Gasteiger charge is -2.26. The van der Waals surface area contributed by atoms with Gasteiger partial charge < -0.3 is 13.1 Å². The fourth-order valence-corrected chi connectivity index (χ4v) is 8.83. The molecule has 0 radical (unpaired) electrons. The molecule has 5 rings (SSSR count). The topological polar surface area (TPSA) is 99.2 Å². The number of rotatable bonds is 21. The Kier molecular flexibility index (Phi) is 14.8. The Bertz CT molecular complexity index is 1920. The Morgan fingerprint density at radius 3 is 1.85 bits per heavy atom. The molecule has 1 aliphatic rings. The second kappa shape index (κ2) is 19.5. The summed E-state index contributed by atoms with van der Waals surface area (Å²) in [7, 11) is -7.38. The fraction of sp³-hybridized carbons (Fsp3) is 0.476. The Balaban J connectivity index is 1.37. The Hall–Kier alpha value is -3.60. The summed E-state index contributed by atoms with van der Waals surface area (Å²) in [5.41, 5.74) is 4.06. The van der Waals surface area contributed by atoms with E-state index in [1.54, 1.807) is 24.3 Å². The highest BCUT2D eigenvalue weighted by Crippen LogP contribution is 2.35. The fourth-order valence-electron chi connectivity index (χ4n) is 6.75. The highest BCUT2D eigenvalue weighted by atomic mass is 32.2. The average Bonchev–Trinajstić information content (AvgIpc) is 3.13. The SMILES string of the molecule is CCCCCCS(=O)(=O)Oc1ccc(-c2ccc3cc(OS(=O)(=O)CCCCCC)ccc3c2Cc2ccc(OCCN3CCCCC3)cc2)cc1. The van der Waals surface area contributed by atoms with Crippen molar-refractivity contribution in [3.8, 4) is 28.4 Å². The maximum Gasteiger partial charge on any atom is 0.309 e. The van der Waals surface area contributed by atoms with Gasteiger partial charge in [-0.3, -0.25) is 4.90 Å². The first-order valence-electron chi connectivity index (χ1n) is 19.1. The summed E-state index contributed by atoms with van der Waals surface area (Å²) in [5, 5.41) is 1.84. The van der Waals surface area contributed by atoms with Crippen molar-refractivity contribution in [2.75, 3.05) is 37.7 Å². The molecule has 1 aliphatic heterocycles. The molecule has 1 saturated heterocycles. The summed E-state index contributed by atoms with van der Waals surface area (Å²) in [5.74, 6) is 1.41. The lowest BCUT2D eigenvalue weighted by molar-refractivity contribution is 0.183. The van der Waals surface area contributed by atoms with Crippen LogP contribution in [0.4, 0.5) is 0 Å². The van der Waals surface area contributed by atoms with E-state index in [9.17, 15) is 16.8 Å². The molecule has 0 saturated carbocycles. The number of unbranched alkanes of at least 4 members (excludes halogenated alkanes) is 6. The highest BCUT2D eigenvalue weighted by molar-refractivity contribution is 7.87. The van der Waals surface area contributed by atoms with Crippen LogP contribution in [0.25, 0.3) is 21.9 Å². The molecule has 1 heterocycles. The van der Waals surface area contributed by atoms with Crippen molar-refractivity contribution < 1.29 is 29.9 Å². The van der Waals surface area contributed by atoms with Gasteiger partial charge in [-0.2, -0.15) is 16.8 Å². The molecule has 0 aliphatic carbocycles. The van der Waals surface area contributed by atoms with Crippen LogP contribution < -0.4 is 13.1 Å². The molecule has 282 valence electrons. The summed E-state index contributed by atoms with van der Waals surface area (Å²) >= 11 is 0. The first kappa shape index (κ1) is 39.6. The zero-order valence-corrected chi connectivity index (χ0v) is 32.5. The van der Waals surface area contributed by atoms with Gasteiger partial charge in [-0.15, -0.1) is 0 Å². The molecule has 0 amide bonds. The maximum absolute atomic E-state index is 12.7. The van der Waals surface area contributed by atoms with Gasteiger partial charge in [0.05, 0.1) is 11.5 Å². The molecule has 0 unspecified atom stereocenters. The normalized spacial score (nSPS) is 14.0. The van der Waals surface area contributed by atoms with Crippen molar-refractivity contribution in [1.82, 2.24) is 4.90 Å². The van der Waals surface area contributed by atoms with E-state index in [-0.39, 0.29) is 17.3 Å². The zero-order chi connectivity index (χ0) is 36.8. The molecule has 4 aromatic carbocycles. The molecule has 0 atom stereocenters. The number of benzene rings is 4. The third-order valence-electron chi connectivity index (χ3n) is 9.64. The van der Waals surface area contributed by atoms with E-state index in [4.69, 9.17) is 13.1 Å². The van der Waals surface area contributed by atoms with Gasteiger partial charge in [0.15, 0.2) is 0 Å². The van der Waals surface area contributed by atoms with E-state index in [1.165, 1.54) is 19.3 Å². The van der Waals surface area contributed by atoms with E-state index in [0.29, 0.717) is 31.6 Å². The van der Waals surface area contributed by atoms with E-state index in [0.717, 1.165) is 96.9 Å². The minimum Gasteiger partial charge on any atom is -0.492 e. The number of ether oxygens (including phenoxy) is 1. The van der Waals surface area contributed by atoms with Gasteiger partial charge in [0.1, 0.15) is 23.9 Å². The summed E-state index contributed by atoms with van der Waals surface area (Å²) in [6.45, 7) is 8.06. The van der Waals surface area contributed by atoms with Gasteiger partial charge in [0, 0.05) is 6.54 Å².